The van der Waals surface area contributed by atoms with Crippen molar-refractivity contribution in [2.45, 2.75) is 39.5 Å². The van der Waals surface area contributed by atoms with Crippen molar-refractivity contribution in [3.63, 3.8) is 0 Å². The van der Waals surface area contributed by atoms with Gasteiger partial charge in [0, 0.05) is 0 Å². The molecule has 0 saturated heterocycles. The second-order valence-electron chi connectivity index (χ2n) is 1.71. The van der Waals surface area contributed by atoms with Gasteiger partial charge in [0.1, 0.15) is 0 Å². The van der Waals surface area contributed by atoms with Gasteiger partial charge in [0.05, 0.1) is 0 Å². The fourth-order valence-corrected chi connectivity index (χ4v) is 0. The second-order valence-corrected chi connectivity index (χ2v) is 1.71. The molecule has 0 aromatic heterocycles. The normalized spacial score (nSPS) is 6.67. The Kier molecular flexibility index (Phi) is 42.6. The maximum atomic E-state index is 3.60. The molecule has 0 aliphatic heterocycles. The van der Waals surface area contributed by atoms with Gasteiger partial charge in [0.25, 0.3) is 0 Å². The van der Waals surface area contributed by atoms with Gasteiger partial charge in [0.15, 0.2) is 0 Å². The maximum absolute atomic E-state index is 3.60. The Morgan fingerprint density at radius 2 is 1.00 bits per heavy atom. The predicted octanol–water partition coefficient (Wildman–Crippen LogP) is 3.24. The van der Waals surface area contributed by atoms with Crippen LogP contribution in [-0.4, -0.2) is 0 Å². The van der Waals surface area contributed by atoms with Crippen molar-refractivity contribution in [1.82, 2.24) is 0 Å². The Balaban J connectivity index is -0.0000000720. The van der Waals surface area contributed by atoms with Crippen molar-refractivity contribution in [3.05, 3.63) is 13.8 Å². The quantitative estimate of drug-likeness (QED) is 0.444. The molecule has 0 heterocycles. The fraction of sp³-hybridized carbons (Fsp3) is 0.750. The van der Waals surface area contributed by atoms with Gasteiger partial charge in [-0.15, -0.1) is 0 Å². The molecular formula is C8H18Ni. The van der Waals surface area contributed by atoms with Gasteiger partial charge >= 0.3 is 16.5 Å². The average Bonchev–Trinajstić information content (AvgIpc) is 1.88. The number of hydrogen-bond donors (Lipinski definition) is 0. The maximum Gasteiger partial charge on any atom is 2.00 e. The van der Waals surface area contributed by atoms with Crippen LogP contribution in [0.2, 0.25) is 0 Å². The van der Waals surface area contributed by atoms with Crippen LogP contribution in [0.15, 0.2) is 0 Å². The van der Waals surface area contributed by atoms with Crippen molar-refractivity contribution in [3.8, 4) is 0 Å². The molecule has 0 rings (SSSR count). The third-order valence-corrected chi connectivity index (χ3v) is 0.707. The molecule has 0 atom stereocenters. The molecule has 60 valence electrons. The van der Waals surface area contributed by atoms with Crippen LogP contribution in [-0.2, 0) is 16.5 Å². The average molecular weight is 173 g/mol. The van der Waals surface area contributed by atoms with E-state index in [1.54, 1.807) is 0 Å². The van der Waals surface area contributed by atoms with Gasteiger partial charge in [-0.2, -0.15) is 12.8 Å². The Bertz CT molecular complexity index is 12.5. The molecule has 0 amide bonds. The summed E-state index contributed by atoms with van der Waals surface area (Å²) in [6.07, 6.45) is 4.56. The summed E-state index contributed by atoms with van der Waals surface area (Å²) in [6.45, 7) is 11.4. The SMILES string of the molecule is [CH2-]CCC.[CH2-]CCC.[Ni+2]. The minimum atomic E-state index is 0. The molecule has 0 spiro atoms. The number of rotatable bonds is 2. The van der Waals surface area contributed by atoms with Crippen molar-refractivity contribution in [1.29, 1.82) is 0 Å². The molecule has 0 bridgehead atoms. The van der Waals surface area contributed by atoms with E-state index < -0.39 is 0 Å². The minimum Gasteiger partial charge on any atom is -0.343 e. The Labute approximate surface area is 70.3 Å². The fourth-order valence-electron chi connectivity index (χ4n) is 0. The first-order chi connectivity index (χ1) is 3.83. The van der Waals surface area contributed by atoms with Crippen LogP contribution >= 0.6 is 0 Å². The summed E-state index contributed by atoms with van der Waals surface area (Å²) in [6, 6.07) is 0. The molecule has 0 radical (unpaired) electrons. The van der Waals surface area contributed by atoms with Gasteiger partial charge < -0.3 is 13.8 Å². The molecule has 0 aliphatic rings. The smallest absolute Gasteiger partial charge is 0.343 e. The van der Waals surface area contributed by atoms with E-state index in [-0.39, 0.29) is 16.5 Å². The molecule has 1 heteroatoms. The minimum absolute atomic E-state index is 0. The number of unbranched alkanes of at least 4 members (excludes halogenated alkanes) is 2. The largest absolute Gasteiger partial charge is 2.00 e. The first kappa shape index (κ1) is 16.2. The predicted molar refractivity (Wildman–Crippen MR) is 40.5 cm³/mol. The van der Waals surface area contributed by atoms with Gasteiger partial charge in [-0.3, -0.25) is 0 Å². The van der Waals surface area contributed by atoms with Crippen LogP contribution in [0.3, 0.4) is 0 Å². The van der Waals surface area contributed by atoms with E-state index in [0.717, 1.165) is 12.8 Å². The monoisotopic (exact) mass is 172 g/mol. The van der Waals surface area contributed by atoms with Crippen LogP contribution in [0.25, 0.3) is 0 Å². The second kappa shape index (κ2) is 23.6. The van der Waals surface area contributed by atoms with Crippen molar-refractivity contribution >= 4 is 0 Å². The van der Waals surface area contributed by atoms with Crippen molar-refractivity contribution < 1.29 is 16.5 Å². The van der Waals surface area contributed by atoms with Crippen LogP contribution in [0.1, 0.15) is 39.5 Å². The summed E-state index contributed by atoms with van der Waals surface area (Å²) < 4.78 is 0. The molecule has 0 nitrogen and oxygen atoms in total. The summed E-state index contributed by atoms with van der Waals surface area (Å²) in [4.78, 5) is 0. The van der Waals surface area contributed by atoms with Crippen LogP contribution in [0.4, 0.5) is 0 Å². The topological polar surface area (TPSA) is 0 Å². The molecule has 0 aromatic carbocycles. The third-order valence-electron chi connectivity index (χ3n) is 0.707. The zero-order valence-electron chi connectivity index (χ0n) is 6.56. The molecular weight excluding hydrogens is 155 g/mol. The summed E-state index contributed by atoms with van der Waals surface area (Å²) >= 11 is 0. The van der Waals surface area contributed by atoms with E-state index in [0.29, 0.717) is 0 Å². The van der Waals surface area contributed by atoms with E-state index in [4.69, 9.17) is 0 Å². The van der Waals surface area contributed by atoms with Gasteiger partial charge in [-0.1, -0.05) is 26.7 Å². The van der Waals surface area contributed by atoms with Crippen molar-refractivity contribution in [2.75, 3.05) is 0 Å². The van der Waals surface area contributed by atoms with Gasteiger partial charge in [0.2, 0.25) is 0 Å². The van der Waals surface area contributed by atoms with E-state index in [1.807, 2.05) is 0 Å². The molecule has 9 heavy (non-hydrogen) atoms. The Morgan fingerprint density at radius 1 is 0.889 bits per heavy atom. The number of hydrogen-bond acceptors (Lipinski definition) is 0. The Hall–Kier alpha value is 0.494. The van der Waals surface area contributed by atoms with Crippen LogP contribution < -0.4 is 0 Å². The standard InChI is InChI=1S/2C4H9.Ni/c2*1-3-4-2;/h2*1,3-4H2,2H3;/q2*-1;+2. The zero-order valence-corrected chi connectivity index (χ0v) is 7.55. The first-order valence-electron chi connectivity index (χ1n) is 3.41. The summed E-state index contributed by atoms with van der Waals surface area (Å²) in [5, 5.41) is 0. The molecule has 0 N–H and O–H groups in total. The molecule has 0 unspecified atom stereocenters. The van der Waals surface area contributed by atoms with E-state index in [9.17, 15) is 0 Å². The Morgan fingerprint density at radius 3 is 1.00 bits per heavy atom. The third kappa shape index (κ3) is 57.6. The molecule has 0 aromatic rings. The van der Waals surface area contributed by atoms with Gasteiger partial charge in [-0.05, 0) is 0 Å². The summed E-state index contributed by atoms with van der Waals surface area (Å²) in [5.41, 5.74) is 0. The van der Waals surface area contributed by atoms with Crippen molar-refractivity contribution in [2.24, 2.45) is 0 Å². The molecule has 0 aliphatic carbocycles. The van der Waals surface area contributed by atoms with Crippen LogP contribution in [0, 0.1) is 13.8 Å². The summed E-state index contributed by atoms with van der Waals surface area (Å²) in [5.74, 6) is 0. The van der Waals surface area contributed by atoms with E-state index in [2.05, 4.69) is 27.7 Å². The van der Waals surface area contributed by atoms with Crippen LogP contribution in [0.5, 0.6) is 0 Å². The molecule has 0 saturated carbocycles. The zero-order chi connectivity index (χ0) is 6.83. The van der Waals surface area contributed by atoms with E-state index >= 15 is 0 Å². The molecule has 0 fully saturated rings. The summed E-state index contributed by atoms with van der Waals surface area (Å²) in [7, 11) is 0. The van der Waals surface area contributed by atoms with Gasteiger partial charge in [-0.25, -0.2) is 0 Å². The van der Waals surface area contributed by atoms with E-state index in [1.165, 1.54) is 12.8 Å². The first-order valence-corrected chi connectivity index (χ1v) is 3.41.